The van der Waals surface area contributed by atoms with Crippen molar-refractivity contribution in [2.45, 2.75) is 19.4 Å². The van der Waals surface area contributed by atoms with Crippen LogP contribution in [0.2, 0.25) is 0 Å². The van der Waals surface area contributed by atoms with E-state index >= 15 is 0 Å². The lowest BCUT2D eigenvalue weighted by molar-refractivity contribution is 0.412. The van der Waals surface area contributed by atoms with E-state index in [-0.39, 0.29) is 6.04 Å². The van der Waals surface area contributed by atoms with E-state index < -0.39 is 0 Å². The van der Waals surface area contributed by atoms with Gasteiger partial charge in [0, 0.05) is 13.0 Å². The van der Waals surface area contributed by atoms with Gasteiger partial charge in [0.15, 0.2) is 0 Å². The first-order valence-corrected chi connectivity index (χ1v) is 4.27. The van der Waals surface area contributed by atoms with Crippen LogP contribution in [0.3, 0.4) is 0 Å². The fourth-order valence-electron chi connectivity index (χ4n) is 1.15. The van der Waals surface area contributed by atoms with Gasteiger partial charge in [-0.2, -0.15) is 0 Å². The second kappa shape index (κ2) is 4.28. The summed E-state index contributed by atoms with van der Waals surface area (Å²) >= 11 is 0. The van der Waals surface area contributed by atoms with Crippen LogP contribution in [0, 0.1) is 0 Å². The predicted molar refractivity (Wildman–Crippen MR) is 48.9 cm³/mol. The molecule has 1 unspecified atom stereocenters. The molecule has 12 heavy (non-hydrogen) atoms. The van der Waals surface area contributed by atoms with Crippen molar-refractivity contribution in [2.24, 2.45) is 5.73 Å². The summed E-state index contributed by atoms with van der Waals surface area (Å²) in [6.45, 7) is 2.63. The molecule has 0 amide bonds. The summed E-state index contributed by atoms with van der Waals surface area (Å²) in [5.74, 6) is 1.94. The van der Waals surface area contributed by atoms with Crippen LogP contribution in [0.15, 0.2) is 16.5 Å². The zero-order valence-corrected chi connectivity index (χ0v) is 7.63. The van der Waals surface area contributed by atoms with E-state index in [2.05, 4.69) is 12.2 Å². The highest BCUT2D eigenvalue weighted by molar-refractivity contribution is 5.10. The molecule has 0 aliphatic rings. The van der Waals surface area contributed by atoms with Crippen LogP contribution in [0.4, 0.5) is 0 Å². The molecule has 1 heterocycles. The molecule has 1 aromatic rings. The van der Waals surface area contributed by atoms with Gasteiger partial charge in [-0.05, 0) is 19.2 Å². The number of hydrogen-bond acceptors (Lipinski definition) is 3. The summed E-state index contributed by atoms with van der Waals surface area (Å²) in [4.78, 5) is 0. The zero-order valence-electron chi connectivity index (χ0n) is 7.63. The molecule has 0 aliphatic heterocycles. The van der Waals surface area contributed by atoms with Gasteiger partial charge in [-0.1, -0.05) is 6.92 Å². The minimum Gasteiger partial charge on any atom is -0.464 e. The highest BCUT2D eigenvalue weighted by atomic mass is 16.3. The molecule has 0 aromatic carbocycles. The summed E-state index contributed by atoms with van der Waals surface area (Å²) in [5.41, 5.74) is 5.54. The van der Waals surface area contributed by atoms with Gasteiger partial charge >= 0.3 is 0 Å². The number of hydrogen-bond donors (Lipinski definition) is 2. The lowest BCUT2D eigenvalue weighted by Gasteiger charge is -2.09. The van der Waals surface area contributed by atoms with Crippen molar-refractivity contribution in [3.63, 3.8) is 0 Å². The fraction of sp³-hybridized carbons (Fsp3) is 0.556. The second-order valence-corrected chi connectivity index (χ2v) is 2.73. The van der Waals surface area contributed by atoms with Crippen molar-refractivity contribution in [1.29, 1.82) is 0 Å². The van der Waals surface area contributed by atoms with Crippen molar-refractivity contribution in [2.75, 3.05) is 13.6 Å². The summed E-state index contributed by atoms with van der Waals surface area (Å²) < 4.78 is 5.53. The number of nitrogens with one attached hydrogen (secondary N) is 1. The maximum absolute atomic E-state index is 5.54. The molecule has 3 nitrogen and oxygen atoms in total. The van der Waals surface area contributed by atoms with Gasteiger partial charge < -0.3 is 15.5 Å². The second-order valence-electron chi connectivity index (χ2n) is 2.73. The third-order valence-corrected chi connectivity index (χ3v) is 1.96. The van der Waals surface area contributed by atoms with E-state index in [0.717, 1.165) is 17.9 Å². The molecule has 0 fully saturated rings. The van der Waals surface area contributed by atoms with Crippen molar-refractivity contribution in [3.05, 3.63) is 23.7 Å². The molecule has 0 aliphatic carbocycles. The predicted octanol–water partition coefficient (Wildman–Crippen LogP) is 1.06. The zero-order chi connectivity index (χ0) is 8.97. The smallest absolute Gasteiger partial charge is 0.122 e. The van der Waals surface area contributed by atoms with Gasteiger partial charge in [0.2, 0.25) is 0 Å². The first kappa shape index (κ1) is 9.29. The van der Waals surface area contributed by atoms with Crippen molar-refractivity contribution >= 4 is 0 Å². The van der Waals surface area contributed by atoms with E-state index in [1.165, 1.54) is 0 Å². The Morgan fingerprint density at radius 1 is 1.58 bits per heavy atom. The third kappa shape index (κ3) is 1.87. The molecule has 0 saturated heterocycles. The quantitative estimate of drug-likeness (QED) is 0.706. The summed E-state index contributed by atoms with van der Waals surface area (Å²) in [7, 11) is 1.88. The fourth-order valence-corrected chi connectivity index (χ4v) is 1.15. The molecular formula is C9H16N2O. The van der Waals surface area contributed by atoms with E-state index in [1.807, 2.05) is 19.2 Å². The van der Waals surface area contributed by atoms with Gasteiger partial charge in [-0.15, -0.1) is 0 Å². The van der Waals surface area contributed by atoms with Crippen LogP contribution < -0.4 is 11.1 Å². The number of likely N-dealkylation sites (N-methyl/N-ethyl adjacent to an activating group) is 1. The highest BCUT2D eigenvalue weighted by Crippen LogP contribution is 2.15. The van der Waals surface area contributed by atoms with E-state index in [1.54, 1.807) is 0 Å². The Morgan fingerprint density at radius 3 is 2.75 bits per heavy atom. The number of nitrogens with two attached hydrogens (primary N) is 1. The molecular weight excluding hydrogens is 152 g/mol. The van der Waals surface area contributed by atoms with Crippen molar-refractivity contribution in [3.8, 4) is 0 Å². The molecule has 0 bridgehead atoms. The van der Waals surface area contributed by atoms with Gasteiger partial charge in [-0.25, -0.2) is 0 Å². The Bertz CT molecular complexity index is 228. The Morgan fingerprint density at radius 2 is 2.33 bits per heavy atom. The normalized spacial score (nSPS) is 13.2. The molecule has 0 spiro atoms. The average Bonchev–Trinajstić information content (AvgIpc) is 2.55. The lowest BCUT2D eigenvalue weighted by atomic mass is 10.2. The molecule has 1 atom stereocenters. The van der Waals surface area contributed by atoms with Crippen molar-refractivity contribution in [1.82, 2.24) is 5.32 Å². The minimum absolute atomic E-state index is 0.144. The number of rotatable bonds is 4. The van der Waals surface area contributed by atoms with Crippen LogP contribution >= 0.6 is 0 Å². The molecule has 1 rings (SSSR count). The Hall–Kier alpha value is -0.800. The van der Waals surface area contributed by atoms with E-state index in [0.29, 0.717) is 6.54 Å². The minimum atomic E-state index is 0.144. The monoisotopic (exact) mass is 168 g/mol. The van der Waals surface area contributed by atoms with Crippen LogP contribution in [-0.2, 0) is 6.42 Å². The topological polar surface area (TPSA) is 51.2 Å². The van der Waals surface area contributed by atoms with E-state index in [9.17, 15) is 0 Å². The first-order chi connectivity index (χ1) is 5.81. The van der Waals surface area contributed by atoms with Crippen LogP contribution in [0.5, 0.6) is 0 Å². The maximum atomic E-state index is 5.54. The largest absolute Gasteiger partial charge is 0.464 e. The molecule has 3 heteroatoms. The summed E-state index contributed by atoms with van der Waals surface area (Å²) in [6, 6.07) is 4.12. The van der Waals surface area contributed by atoms with Crippen molar-refractivity contribution < 1.29 is 4.42 Å². The van der Waals surface area contributed by atoms with Gasteiger partial charge in [0.25, 0.3) is 0 Å². The van der Waals surface area contributed by atoms with Crippen LogP contribution in [0.1, 0.15) is 24.5 Å². The highest BCUT2D eigenvalue weighted by Gasteiger charge is 2.10. The molecule has 1 aromatic heterocycles. The summed E-state index contributed by atoms with van der Waals surface area (Å²) in [6.07, 6.45) is 0.932. The maximum Gasteiger partial charge on any atom is 0.122 e. The van der Waals surface area contributed by atoms with Crippen LogP contribution in [-0.4, -0.2) is 13.6 Å². The number of furan rings is 1. The Balaban J connectivity index is 2.72. The number of aryl methyl sites for hydroxylation is 1. The van der Waals surface area contributed by atoms with Gasteiger partial charge in [0.1, 0.15) is 11.5 Å². The first-order valence-electron chi connectivity index (χ1n) is 4.27. The molecule has 68 valence electrons. The van der Waals surface area contributed by atoms with Gasteiger partial charge in [0.05, 0.1) is 6.04 Å². The third-order valence-electron chi connectivity index (χ3n) is 1.96. The van der Waals surface area contributed by atoms with Crippen LogP contribution in [0.25, 0.3) is 0 Å². The molecule has 0 saturated carbocycles. The van der Waals surface area contributed by atoms with E-state index in [4.69, 9.17) is 10.2 Å². The SMILES string of the molecule is CCc1ccc(C(CN)NC)o1. The Kier molecular flexibility index (Phi) is 3.31. The molecule has 3 N–H and O–H groups in total. The average molecular weight is 168 g/mol. The standard InChI is InChI=1S/C9H16N2O/c1-3-7-4-5-9(12-7)8(6-10)11-2/h4-5,8,11H,3,6,10H2,1-2H3. The Labute approximate surface area is 72.9 Å². The summed E-state index contributed by atoms with van der Waals surface area (Å²) in [5, 5.41) is 3.09. The van der Waals surface area contributed by atoms with Gasteiger partial charge in [-0.3, -0.25) is 0 Å². The molecule has 0 radical (unpaired) electrons. The lowest BCUT2D eigenvalue weighted by Crippen LogP contribution is -2.24.